The van der Waals surface area contributed by atoms with Crippen LogP contribution in [0.3, 0.4) is 0 Å². The van der Waals surface area contributed by atoms with Crippen molar-refractivity contribution in [2.24, 2.45) is 0 Å². The van der Waals surface area contributed by atoms with Gasteiger partial charge in [-0.15, -0.1) is 0 Å². The van der Waals surface area contributed by atoms with E-state index in [1.54, 1.807) is 12.1 Å². The minimum atomic E-state index is -1.16. The van der Waals surface area contributed by atoms with Crippen molar-refractivity contribution in [3.05, 3.63) is 29.6 Å². The van der Waals surface area contributed by atoms with Crippen molar-refractivity contribution in [3.8, 4) is 6.07 Å². The number of aromatic nitrogens is 1. The summed E-state index contributed by atoms with van der Waals surface area (Å²) in [6.45, 7) is -0.382. The zero-order valence-corrected chi connectivity index (χ0v) is 8.89. The Morgan fingerprint density at radius 2 is 2.12 bits per heavy atom. The maximum Gasteiger partial charge on any atom is 0.140 e. The zero-order chi connectivity index (χ0) is 12.4. The van der Waals surface area contributed by atoms with Crippen LogP contribution in [0.25, 0.3) is 0 Å². The van der Waals surface area contributed by atoms with Gasteiger partial charge in [-0.05, 0) is 12.1 Å². The smallest absolute Gasteiger partial charge is 0.140 e. The summed E-state index contributed by atoms with van der Waals surface area (Å²) in [7, 11) is 0. The van der Waals surface area contributed by atoms with E-state index in [2.05, 4.69) is 4.98 Å². The third-order valence-electron chi connectivity index (χ3n) is 2.72. The molecule has 1 saturated heterocycles. The molecule has 2 rings (SSSR count). The fraction of sp³-hybridized carbons (Fsp3) is 0.455. The van der Waals surface area contributed by atoms with E-state index in [-0.39, 0.29) is 12.3 Å². The molecule has 2 heterocycles. The van der Waals surface area contributed by atoms with E-state index < -0.39 is 24.4 Å². The van der Waals surface area contributed by atoms with Gasteiger partial charge in [0.25, 0.3) is 0 Å². The summed E-state index contributed by atoms with van der Waals surface area (Å²) in [5, 5.41) is 37.0. The second kappa shape index (κ2) is 4.77. The van der Waals surface area contributed by atoms with Crippen molar-refractivity contribution in [3.63, 3.8) is 0 Å². The zero-order valence-electron chi connectivity index (χ0n) is 8.89. The fourth-order valence-corrected chi connectivity index (χ4v) is 1.82. The summed E-state index contributed by atoms with van der Waals surface area (Å²) < 4.78 is 5.30. The monoisotopic (exact) mass is 236 g/mol. The van der Waals surface area contributed by atoms with Crippen LogP contribution in [0.4, 0.5) is 0 Å². The highest BCUT2D eigenvalue weighted by molar-refractivity contribution is 5.24. The summed E-state index contributed by atoms with van der Waals surface area (Å²) in [6.07, 6.45) is -3.97. The minimum Gasteiger partial charge on any atom is -0.394 e. The molecule has 0 amide bonds. The van der Waals surface area contributed by atoms with Crippen molar-refractivity contribution >= 4 is 0 Å². The van der Waals surface area contributed by atoms with E-state index in [9.17, 15) is 10.2 Å². The van der Waals surface area contributed by atoms with Crippen molar-refractivity contribution < 1.29 is 20.1 Å². The molecule has 4 atom stereocenters. The van der Waals surface area contributed by atoms with Crippen molar-refractivity contribution in [2.75, 3.05) is 6.61 Å². The van der Waals surface area contributed by atoms with Gasteiger partial charge in [0.1, 0.15) is 36.2 Å². The average Bonchev–Trinajstić information content (AvgIpc) is 2.66. The number of aliphatic hydroxyl groups is 3. The Labute approximate surface area is 97.7 Å². The molecule has 0 spiro atoms. The van der Waals surface area contributed by atoms with Crippen molar-refractivity contribution in [1.82, 2.24) is 4.98 Å². The van der Waals surface area contributed by atoms with Crippen LogP contribution in [0, 0.1) is 11.3 Å². The van der Waals surface area contributed by atoms with Gasteiger partial charge in [-0.2, -0.15) is 5.26 Å². The molecule has 6 heteroatoms. The lowest BCUT2D eigenvalue weighted by Gasteiger charge is -2.13. The standard InChI is InChI=1S/C11H12N2O4/c12-4-6-2-1-3-7(13-6)11-10(16)9(15)8(5-14)17-11/h1-3,8-11,14-16H,5H2/t8-,9-,10-,11+/m1/s1. The van der Waals surface area contributed by atoms with Gasteiger partial charge in [-0.1, -0.05) is 6.07 Å². The topological polar surface area (TPSA) is 107 Å². The maximum atomic E-state index is 9.77. The highest BCUT2D eigenvalue weighted by atomic mass is 16.6. The molecule has 0 aliphatic carbocycles. The number of rotatable bonds is 2. The molecule has 90 valence electrons. The first-order valence-corrected chi connectivity index (χ1v) is 5.17. The Balaban J connectivity index is 2.26. The van der Waals surface area contributed by atoms with Gasteiger partial charge in [0.2, 0.25) is 0 Å². The van der Waals surface area contributed by atoms with Crippen molar-refractivity contribution in [1.29, 1.82) is 5.26 Å². The van der Waals surface area contributed by atoms with E-state index >= 15 is 0 Å². The number of ether oxygens (including phenoxy) is 1. The van der Waals surface area contributed by atoms with Gasteiger partial charge in [0.05, 0.1) is 12.3 Å². The number of hydrogen-bond acceptors (Lipinski definition) is 6. The molecular formula is C11H12N2O4. The molecule has 0 radical (unpaired) electrons. The van der Waals surface area contributed by atoms with Crippen LogP contribution in [-0.2, 0) is 4.74 Å². The van der Waals surface area contributed by atoms with Gasteiger partial charge in [-0.25, -0.2) is 4.98 Å². The molecule has 0 saturated carbocycles. The molecule has 1 fully saturated rings. The first kappa shape index (κ1) is 12.0. The van der Waals surface area contributed by atoms with E-state index in [4.69, 9.17) is 15.1 Å². The maximum absolute atomic E-state index is 9.77. The van der Waals surface area contributed by atoms with E-state index in [1.807, 2.05) is 6.07 Å². The van der Waals surface area contributed by atoms with Crippen LogP contribution in [0.1, 0.15) is 17.5 Å². The highest BCUT2D eigenvalue weighted by Gasteiger charge is 2.43. The molecular weight excluding hydrogens is 224 g/mol. The third-order valence-corrected chi connectivity index (χ3v) is 2.72. The molecule has 0 aromatic carbocycles. The molecule has 1 aromatic rings. The number of hydrogen-bond donors (Lipinski definition) is 3. The van der Waals surface area contributed by atoms with Gasteiger partial charge in [0, 0.05) is 0 Å². The van der Waals surface area contributed by atoms with Crippen molar-refractivity contribution in [2.45, 2.75) is 24.4 Å². The summed E-state index contributed by atoms with van der Waals surface area (Å²) in [5.74, 6) is 0. The Hall–Kier alpha value is -1.52. The van der Waals surface area contributed by atoms with Crippen LogP contribution in [0.5, 0.6) is 0 Å². The van der Waals surface area contributed by atoms with Gasteiger partial charge in [-0.3, -0.25) is 0 Å². The van der Waals surface area contributed by atoms with E-state index in [0.29, 0.717) is 5.69 Å². The summed E-state index contributed by atoms with van der Waals surface area (Å²) in [6, 6.07) is 6.63. The van der Waals surface area contributed by atoms with Crippen LogP contribution in [0.2, 0.25) is 0 Å². The van der Waals surface area contributed by atoms with Gasteiger partial charge in [0.15, 0.2) is 0 Å². The largest absolute Gasteiger partial charge is 0.394 e. The van der Waals surface area contributed by atoms with E-state index in [0.717, 1.165) is 0 Å². The normalized spacial score (nSPS) is 32.4. The molecule has 0 bridgehead atoms. The predicted octanol–water partition coefficient (Wildman–Crippen LogP) is -0.893. The average molecular weight is 236 g/mol. The van der Waals surface area contributed by atoms with Gasteiger partial charge < -0.3 is 20.1 Å². The Kier molecular flexibility index (Phi) is 3.36. The molecule has 3 N–H and O–H groups in total. The summed E-state index contributed by atoms with van der Waals surface area (Å²) in [4.78, 5) is 3.99. The number of pyridine rings is 1. The molecule has 1 aliphatic rings. The first-order chi connectivity index (χ1) is 8.17. The Morgan fingerprint density at radius 3 is 2.71 bits per heavy atom. The lowest BCUT2D eigenvalue weighted by atomic mass is 10.1. The quantitative estimate of drug-likeness (QED) is 0.614. The molecule has 1 aliphatic heterocycles. The van der Waals surface area contributed by atoms with Crippen LogP contribution in [-0.4, -0.2) is 45.2 Å². The number of nitrogens with zero attached hydrogens (tertiary/aromatic N) is 2. The molecule has 0 unspecified atom stereocenters. The second-order valence-corrected chi connectivity index (χ2v) is 3.82. The first-order valence-electron chi connectivity index (χ1n) is 5.17. The predicted molar refractivity (Wildman–Crippen MR) is 55.7 cm³/mol. The summed E-state index contributed by atoms with van der Waals surface area (Å²) >= 11 is 0. The van der Waals surface area contributed by atoms with Gasteiger partial charge >= 0.3 is 0 Å². The van der Waals surface area contributed by atoms with Crippen LogP contribution >= 0.6 is 0 Å². The van der Waals surface area contributed by atoms with Crippen LogP contribution in [0.15, 0.2) is 18.2 Å². The lowest BCUT2D eigenvalue weighted by Crippen LogP contribution is -2.32. The third kappa shape index (κ3) is 2.14. The second-order valence-electron chi connectivity index (χ2n) is 3.82. The molecule has 1 aromatic heterocycles. The lowest BCUT2D eigenvalue weighted by molar-refractivity contribution is -0.0239. The Bertz CT molecular complexity index is 445. The Morgan fingerprint density at radius 1 is 1.35 bits per heavy atom. The SMILES string of the molecule is N#Cc1cccc([C@@H]2O[C@H](CO)[C@@H](O)[C@H]2O)n1. The molecule has 6 nitrogen and oxygen atoms in total. The number of nitriles is 1. The molecule has 17 heavy (non-hydrogen) atoms. The minimum absolute atomic E-state index is 0.209. The number of aliphatic hydroxyl groups excluding tert-OH is 3. The summed E-state index contributed by atoms with van der Waals surface area (Å²) in [5.41, 5.74) is 0.576. The highest BCUT2D eigenvalue weighted by Crippen LogP contribution is 2.32. The fourth-order valence-electron chi connectivity index (χ4n) is 1.82. The van der Waals surface area contributed by atoms with E-state index in [1.165, 1.54) is 6.07 Å². The van der Waals surface area contributed by atoms with Crippen LogP contribution < -0.4 is 0 Å².